The molecule has 1 aromatic rings. The molecule has 1 amide bonds. The minimum Gasteiger partial charge on any atom is -0.453 e. The molecule has 0 aliphatic carbocycles. The number of ether oxygens (including phenoxy) is 2. The number of guanidine groups is 1. The van der Waals surface area contributed by atoms with E-state index in [2.05, 4.69) is 20.3 Å². The normalized spacial score (nSPS) is 15.7. The molecule has 30 heavy (non-hydrogen) atoms. The minimum atomic E-state index is -3.58. The third kappa shape index (κ3) is 7.15. The molecular formula is C19H31N5O5S. The zero-order chi connectivity index (χ0) is 22.0. The molecule has 0 saturated carbocycles. The summed E-state index contributed by atoms with van der Waals surface area (Å²) in [6.07, 6.45) is 1.27. The summed E-state index contributed by atoms with van der Waals surface area (Å²) >= 11 is 0. The second-order valence-corrected chi connectivity index (χ2v) is 8.61. The van der Waals surface area contributed by atoms with Gasteiger partial charge in [0.15, 0.2) is 5.96 Å². The van der Waals surface area contributed by atoms with Gasteiger partial charge in [-0.3, -0.25) is 4.99 Å². The molecular weight excluding hydrogens is 410 g/mol. The Hall–Kier alpha value is -2.37. The monoisotopic (exact) mass is 441 g/mol. The molecule has 1 aromatic carbocycles. The van der Waals surface area contributed by atoms with Crippen molar-refractivity contribution < 1.29 is 22.7 Å². The van der Waals surface area contributed by atoms with Crippen LogP contribution in [-0.2, 0) is 26.0 Å². The molecule has 168 valence electrons. The van der Waals surface area contributed by atoms with E-state index >= 15 is 0 Å². The van der Waals surface area contributed by atoms with E-state index in [0.717, 1.165) is 18.4 Å². The van der Waals surface area contributed by atoms with Crippen molar-refractivity contribution in [3.8, 4) is 0 Å². The van der Waals surface area contributed by atoms with Gasteiger partial charge in [0, 0.05) is 46.4 Å². The number of hydrogen-bond donors (Lipinski definition) is 3. The number of nitrogens with zero attached hydrogens (tertiary/aromatic N) is 2. The largest absolute Gasteiger partial charge is 0.453 e. The van der Waals surface area contributed by atoms with Crippen LogP contribution in [0.4, 0.5) is 4.79 Å². The highest BCUT2D eigenvalue weighted by Crippen LogP contribution is 2.13. The summed E-state index contributed by atoms with van der Waals surface area (Å²) in [7, 11) is 0.999. The number of sulfonamides is 1. The van der Waals surface area contributed by atoms with E-state index < -0.39 is 10.0 Å². The molecule has 0 unspecified atom stereocenters. The maximum Gasteiger partial charge on any atom is 0.409 e. The van der Waals surface area contributed by atoms with E-state index in [4.69, 9.17) is 9.47 Å². The number of amides is 1. The van der Waals surface area contributed by atoms with E-state index in [1.54, 1.807) is 30.1 Å². The molecule has 0 aromatic heterocycles. The van der Waals surface area contributed by atoms with Gasteiger partial charge in [0.1, 0.15) is 0 Å². The van der Waals surface area contributed by atoms with Crippen LogP contribution in [0, 0.1) is 0 Å². The van der Waals surface area contributed by atoms with Gasteiger partial charge in [-0.15, -0.1) is 0 Å². The molecule has 1 fully saturated rings. The van der Waals surface area contributed by atoms with Gasteiger partial charge in [-0.2, -0.15) is 0 Å². The van der Waals surface area contributed by atoms with Gasteiger partial charge < -0.3 is 25.0 Å². The zero-order valence-corrected chi connectivity index (χ0v) is 18.5. The minimum absolute atomic E-state index is 0.189. The Kier molecular flexibility index (Phi) is 9.34. The lowest BCUT2D eigenvalue weighted by molar-refractivity contribution is 0.111. The number of carbonyl (C=O) groups is 1. The summed E-state index contributed by atoms with van der Waals surface area (Å²) in [5.74, 6) is 0.623. The summed E-state index contributed by atoms with van der Waals surface area (Å²) in [5.41, 5.74) is 0.813. The first kappa shape index (κ1) is 23.9. The lowest BCUT2D eigenvalue weighted by Gasteiger charge is -2.32. The number of piperidine rings is 1. The van der Waals surface area contributed by atoms with Gasteiger partial charge in [0.25, 0.3) is 0 Å². The number of aliphatic imine (C=N–C) groups is 1. The molecule has 0 radical (unpaired) electrons. The number of hydrogen-bond acceptors (Lipinski definition) is 6. The van der Waals surface area contributed by atoms with Crippen LogP contribution in [-0.4, -0.2) is 78.9 Å². The predicted molar refractivity (Wildman–Crippen MR) is 114 cm³/mol. The molecule has 10 nitrogen and oxygen atoms in total. The highest BCUT2D eigenvalue weighted by Gasteiger charge is 2.23. The molecule has 1 heterocycles. The molecule has 1 aliphatic heterocycles. The van der Waals surface area contributed by atoms with E-state index in [9.17, 15) is 13.2 Å². The Bertz CT molecular complexity index is 822. The molecule has 1 aliphatic rings. The maximum absolute atomic E-state index is 12.4. The number of methoxy groups -OCH3 is 2. The van der Waals surface area contributed by atoms with Gasteiger partial charge in [-0.25, -0.2) is 17.9 Å². The fraction of sp³-hybridized carbons (Fsp3) is 0.579. The van der Waals surface area contributed by atoms with Gasteiger partial charge in [-0.05, 0) is 30.5 Å². The smallest absolute Gasteiger partial charge is 0.409 e. The van der Waals surface area contributed by atoms with Crippen molar-refractivity contribution in [3.63, 3.8) is 0 Å². The summed E-state index contributed by atoms with van der Waals surface area (Å²) in [6, 6.07) is 6.93. The number of nitrogens with one attached hydrogen (secondary N) is 3. The van der Waals surface area contributed by atoms with Crippen molar-refractivity contribution in [1.29, 1.82) is 0 Å². The lowest BCUT2D eigenvalue weighted by Crippen LogP contribution is -2.49. The second-order valence-electron chi connectivity index (χ2n) is 6.84. The maximum atomic E-state index is 12.4. The number of rotatable bonds is 8. The first-order chi connectivity index (χ1) is 14.4. The van der Waals surface area contributed by atoms with E-state index in [1.165, 1.54) is 14.2 Å². The van der Waals surface area contributed by atoms with Crippen molar-refractivity contribution in [2.75, 3.05) is 47.5 Å². The summed E-state index contributed by atoms with van der Waals surface area (Å²) < 4.78 is 36.8. The summed E-state index contributed by atoms with van der Waals surface area (Å²) in [5, 5.41) is 6.56. The Labute approximate surface area is 178 Å². The standard InChI is InChI=1S/C19H31N5O5S/c1-20-18(23-16-7-10-24(11-8-16)19(25)29-3)21-14-15-5-4-6-17(13-15)30(26,27)22-9-12-28-2/h4-6,13,16,22H,7-12,14H2,1-3H3,(H2,20,21,23). The van der Waals surface area contributed by atoms with Crippen LogP contribution in [0.2, 0.25) is 0 Å². The van der Waals surface area contributed by atoms with Crippen LogP contribution in [0.15, 0.2) is 34.2 Å². The Morgan fingerprint density at radius 1 is 1.27 bits per heavy atom. The van der Waals surface area contributed by atoms with Gasteiger partial charge in [0.05, 0.1) is 18.6 Å². The number of benzene rings is 1. The van der Waals surface area contributed by atoms with Crippen LogP contribution >= 0.6 is 0 Å². The van der Waals surface area contributed by atoms with Crippen molar-refractivity contribution in [2.45, 2.75) is 30.3 Å². The van der Waals surface area contributed by atoms with Crippen LogP contribution in [0.3, 0.4) is 0 Å². The number of likely N-dealkylation sites (tertiary alicyclic amines) is 1. The van der Waals surface area contributed by atoms with Crippen molar-refractivity contribution in [2.24, 2.45) is 4.99 Å². The molecule has 1 saturated heterocycles. The first-order valence-electron chi connectivity index (χ1n) is 9.77. The molecule has 0 spiro atoms. The third-order valence-electron chi connectivity index (χ3n) is 4.76. The molecule has 0 bridgehead atoms. The van der Waals surface area contributed by atoms with Crippen molar-refractivity contribution in [1.82, 2.24) is 20.3 Å². The molecule has 11 heteroatoms. The third-order valence-corrected chi connectivity index (χ3v) is 6.22. The van der Waals surface area contributed by atoms with E-state index in [-0.39, 0.29) is 23.6 Å². The molecule has 0 atom stereocenters. The van der Waals surface area contributed by atoms with Crippen molar-refractivity contribution >= 4 is 22.1 Å². The van der Waals surface area contributed by atoms with Gasteiger partial charge in [-0.1, -0.05) is 12.1 Å². The Morgan fingerprint density at radius 3 is 2.63 bits per heavy atom. The fourth-order valence-electron chi connectivity index (χ4n) is 3.09. The van der Waals surface area contributed by atoms with Gasteiger partial charge in [0.2, 0.25) is 10.0 Å². The molecule has 3 N–H and O–H groups in total. The summed E-state index contributed by atoms with van der Waals surface area (Å²) in [4.78, 5) is 17.7. The SMILES string of the molecule is CN=C(NCc1cccc(S(=O)(=O)NCCOC)c1)NC1CCN(C(=O)OC)CC1. The average molecular weight is 442 g/mol. The van der Waals surface area contributed by atoms with Crippen LogP contribution in [0.25, 0.3) is 0 Å². The Balaban J connectivity index is 1.88. The fourth-order valence-corrected chi connectivity index (χ4v) is 4.18. The molecule has 2 rings (SSSR count). The van der Waals surface area contributed by atoms with E-state index in [1.807, 2.05) is 6.07 Å². The number of carbonyl (C=O) groups excluding carboxylic acids is 1. The second kappa shape index (κ2) is 11.7. The van der Waals surface area contributed by atoms with Gasteiger partial charge >= 0.3 is 6.09 Å². The Morgan fingerprint density at radius 2 is 2.00 bits per heavy atom. The van der Waals surface area contributed by atoms with Crippen LogP contribution < -0.4 is 15.4 Å². The average Bonchev–Trinajstić information content (AvgIpc) is 2.76. The lowest BCUT2D eigenvalue weighted by atomic mass is 10.1. The highest BCUT2D eigenvalue weighted by atomic mass is 32.2. The van der Waals surface area contributed by atoms with Crippen LogP contribution in [0.5, 0.6) is 0 Å². The first-order valence-corrected chi connectivity index (χ1v) is 11.3. The summed E-state index contributed by atoms with van der Waals surface area (Å²) in [6.45, 7) is 2.18. The predicted octanol–water partition coefficient (Wildman–Crippen LogP) is 0.507. The van der Waals surface area contributed by atoms with Crippen molar-refractivity contribution in [3.05, 3.63) is 29.8 Å². The topological polar surface area (TPSA) is 121 Å². The zero-order valence-electron chi connectivity index (χ0n) is 17.7. The highest BCUT2D eigenvalue weighted by molar-refractivity contribution is 7.89. The quantitative estimate of drug-likeness (QED) is 0.305. The van der Waals surface area contributed by atoms with E-state index in [0.29, 0.717) is 32.2 Å². The van der Waals surface area contributed by atoms with Crippen LogP contribution in [0.1, 0.15) is 18.4 Å².